The zero-order valence-corrected chi connectivity index (χ0v) is 11.3. The summed E-state index contributed by atoms with van der Waals surface area (Å²) < 4.78 is 24.2. The van der Waals surface area contributed by atoms with Crippen molar-refractivity contribution >= 4 is 15.9 Å². The fourth-order valence-corrected chi connectivity index (χ4v) is 3.03. The SMILES string of the molecule is NS(=O)(=O)C1CCCN(C(=O)CCn2cncn2)C1. The van der Waals surface area contributed by atoms with Crippen LogP contribution < -0.4 is 5.14 Å². The molecule has 1 aromatic rings. The highest BCUT2D eigenvalue weighted by atomic mass is 32.2. The summed E-state index contributed by atoms with van der Waals surface area (Å²) in [6.07, 6.45) is 4.40. The van der Waals surface area contributed by atoms with Gasteiger partial charge in [0.25, 0.3) is 0 Å². The summed E-state index contributed by atoms with van der Waals surface area (Å²) in [5.74, 6) is -0.0798. The Kier molecular flexibility index (Phi) is 4.15. The highest BCUT2D eigenvalue weighted by Crippen LogP contribution is 2.16. The smallest absolute Gasteiger partial charge is 0.224 e. The normalized spacial score (nSPS) is 20.5. The van der Waals surface area contributed by atoms with E-state index in [0.717, 1.165) is 0 Å². The van der Waals surface area contributed by atoms with Crippen molar-refractivity contribution in [3.05, 3.63) is 12.7 Å². The van der Waals surface area contributed by atoms with Gasteiger partial charge in [-0.3, -0.25) is 9.48 Å². The van der Waals surface area contributed by atoms with Crippen molar-refractivity contribution in [2.75, 3.05) is 13.1 Å². The maximum absolute atomic E-state index is 12.0. The number of aryl methyl sites for hydroxylation is 1. The third kappa shape index (κ3) is 3.74. The second-order valence-electron chi connectivity index (χ2n) is 4.60. The first kappa shape index (κ1) is 13.9. The van der Waals surface area contributed by atoms with Gasteiger partial charge in [-0.1, -0.05) is 0 Å². The summed E-state index contributed by atoms with van der Waals surface area (Å²) in [5, 5.41) is 8.40. The van der Waals surface area contributed by atoms with Crippen LogP contribution in [-0.2, 0) is 21.4 Å². The van der Waals surface area contributed by atoms with Crippen LogP contribution in [-0.4, -0.2) is 52.3 Å². The maximum Gasteiger partial charge on any atom is 0.224 e. The van der Waals surface area contributed by atoms with Gasteiger partial charge in [-0.2, -0.15) is 5.10 Å². The van der Waals surface area contributed by atoms with E-state index in [1.54, 1.807) is 9.58 Å². The summed E-state index contributed by atoms with van der Waals surface area (Å²) in [6.45, 7) is 1.21. The molecular formula is C10H17N5O3S. The van der Waals surface area contributed by atoms with E-state index in [2.05, 4.69) is 10.1 Å². The lowest BCUT2D eigenvalue weighted by atomic mass is 10.1. The van der Waals surface area contributed by atoms with Crippen molar-refractivity contribution in [2.24, 2.45) is 5.14 Å². The number of hydrogen-bond donors (Lipinski definition) is 1. The molecule has 0 aliphatic carbocycles. The molecule has 2 heterocycles. The summed E-state index contributed by atoms with van der Waals surface area (Å²) in [5.41, 5.74) is 0. The van der Waals surface area contributed by atoms with Gasteiger partial charge in [0.05, 0.1) is 11.8 Å². The van der Waals surface area contributed by atoms with Crippen LogP contribution in [0.4, 0.5) is 0 Å². The Balaban J connectivity index is 1.88. The fourth-order valence-electron chi connectivity index (χ4n) is 2.15. The van der Waals surface area contributed by atoms with Gasteiger partial charge < -0.3 is 4.90 Å². The average molecular weight is 287 g/mol. The average Bonchev–Trinajstić information content (AvgIpc) is 2.88. The van der Waals surface area contributed by atoms with Crippen LogP contribution in [0.25, 0.3) is 0 Å². The van der Waals surface area contributed by atoms with Gasteiger partial charge in [0.2, 0.25) is 15.9 Å². The Morgan fingerprint density at radius 2 is 2.26 bits per heavy atom. The molecule has 8 nitrogen and oxygen atoms in total. The summed E-state index contributed by atoms with van der Waals surface area (Å²) >= 11 is 0. The zero-order valence-electron chi connectivity index (χ0n) is 10.5. The lowest BCUT2D eigenvalue weighted by Crippen LogP contribution is -2.47. The predicted molar refractivity (Wildman–Crippen MR) is 67.3 cm³/mol. The molecule has 19 heavy (non-hydrogen) atoms. The van der Waals surface area contributed by atoms with Crippen LogP contribution >= 0.6 is 0 Å². The largest absolute Gasteiger partial charge is 0.341 e. The number of amides is 1. The van der Waals surface area contributed by atoms with Gasteiger partial charge in [0.15, 0.2) is 0 Å². The Labute approximate surface area is 111 Å². The first-order valence-electron chi connectivity index (χ1n) is 6.08. The van der Waals surface area contributed by atoms with Crippen LogP contribution in [0.2, 0.25) is 0 Å². The van der Waals surface area contributed by atoms with Crippen LogP contribution in [0.1, 0.15) is 19.3 Å². The van der Waals surface area contributed by atoms with E-state index >= 15 is 0 Å². The lowest BCUT2D eigenvalue weighted by molar-refractivity contribution is -0.132. The molecule has 1 aliphatic heterocycles. The Morgan fingerprint density at radius 3 is 2.89 bits per heavy atom. The number of likely N-dealkylation sites (tertiary alicyclic amines) is 1. The Morgan fingerprint density at radius 1 is 1.47 bits per heavy atom. The van der Waals surface area contributed by atoms with Crippen molar-refractivity contribution in [2.45, 2.75) is 31.1 Å². The van der Waals surface area contributed by atoms with E-state index in [4.69, 9.17) is 5.14 Å². The number of carbonyl (C=O) groups is 1. The lowest BCUT2D eigenvalue weighted by Gasteiger charge is -2.31. The number of primary sulfonamides is 1. The number of nitrogens with zero attached hydrogens (tertiary/aromatic N) is 4. The molecule has 2 rings (SSSR count). The van der Waals surface area contributed by atoms with Gasteiger partial charge >= 0.3 is 0 Å². The maximum atomic E-state index is 12.0. The monoisotopic (exact) mass is 287 g/mol. The third-order valence-electron chi connectivity index (χ3n) is 3.22. The van der Waals surface area contributed by atoms with Crippen molar-refractivity contribution < 1.29 is 13.2 Å². The van der Waals surface area contributed by atoms with E-state index in [1.165, 1.54) is 12.7 Å². The van der Waals surface area contributed by atoms with Gasteiger partial charge in [-0.05, 0) is 12.8 Å². The minimum atomic E-state index is -3.57. The van der Waals surface area contributed by atoms with E-state index in [9.17, 15) is 13.2 Å². The van der Waals surface area contributed by atoms with E-state index in [-0.39, 0.29) is 18.9 Å². The van der Waals surface area contributed by atoms with Crippen molar-refractivity contribution in [1.29, 1.82) is 0 Å². The molecule has 1 atom stereocenters. The number of piperidine rings is 1. The van der Waals surface area contributed by atoms with Crippen LogP contribution in [0.3, 0.4) is 0 Å². The minimum absolute atomic E-state index is 0.0798. The van der Waals surface area contributed by atoms with E-state index < -0.39 is 15.3 Å². The van der Waals surface area contributed by atoms with Crippen LogP contribution in [0.15, 0.2) is 12.7 Å². The molecule has 0 spiro atoms. The molecule has 1 amide bonds. The molecule has 1 saturated heterocycles. The highest BCUT2D eigenvalue weighted by Gasteiger charge is 2.30. The van der Waals surface area contributed by atoms with Crippen molar-refractivity contribution in [3.8, 4) is 0 Å². The molecule has 1 unspecified atom stereocenters. The number of aromatic nitrogens is 3. The second kappa shape index (κ2) is 5.66. The fraction of sp³-hybridized carbons (Fsp3) is 0.700. The molecule has 1 fully saturated rings. The molecule has 9 heteroatoms. The molecule has 0 saturated carbocycles. The van der Waals surface area contributed by atoms with Crippen molar-refractivity contribution in [1.82, 2.24) is 19.7 Å². The number of sulfonamides is 1. The van der Waals surface area contributed by atoms with Crippen LogP contribution in [0, 0.1) is 0 Å². The van der Waals surface area contributed by atoms with Crippen molar-refractivity contribution in [3.63, 3.8) is 0 Å². The second-order valence-corrected chi connectivity index (χ2v) is 6.45. The molecular weight excluding hydrogens is 270 g/mol. The van der Waals surface area contributed by atoms with E-state index in [0.29, 0.717) is 25.9 Å². The van der Waals surface area contributed by atoms with Gasteiger partial charge in [0, 0.05) is 19.5 Å². The topological polar surface area (TPSA) is 111 Å². The van der Waals surface area contributed by atoms with Gasteiger partial charge in [-0.15, -0.1) is 0 Å². The van der Waals surface area contributed by atoms with Gasteiger partial charge in [-0.25, -0.2) is 18.5 Å². The van der Waals surface area contributed by atoms with Gasteiger partial charge in [0.1, 0.15) is 12.7 Å². The number of nitrogens with two attached hydrogens (primary N) is 1. The number of rotatable bonds is 4. The molecule has 0 aromatic carbocycles. The molecule has 0 bridgehead atoms. The zero-order chi connectivity index (χ0) is 13.9. The predicted octanol–water partition coefficient (Wildman–Crippen LogP) is -1.05. The van der Waals surface area contributed by atoms with E-state index in [1.807, 2.05) is 0 Å². The first-order valence-corrected chi connectivity index (χ1v) is 7.69. The Bertz CT molecular complexity index is 527. The quantitative estimate of drug-likeness (QED) is 0.759. The molecule has 106 valence electrons. The molecule has 2 N–H and O–H groups in total. The highest BCUT2D eigenvalue weighted by molar-refractivity contribution is 7.89. The summed E-state index contributed by atoms with van der Waals surface area (Å²) in [6, 6.07) is 0. The standard InChI is InChI=1S/C10H17N5O3S/c11-19(17,18)9-2-1-4-14(6-9)10(16)3-5-15-8-12-7-13-15/h7-9H,1-6H2,(H2,11,17,18). The molecule has 1 aliphatic rings. The summed E-state index contributed by atoms with van der Waals surface area (Å²) in [7, 11) is -3.57. The minimum Gasteiger partial charge on any atom is -0.341 e. The summed E-state index contributed by atoms with van der Waals surface area (Å²) in [4.78, 5) is 17.3. The first-order chi connectivity index (χ1) is 8.97. The van der Waals surface area contributed by atoms with Crippen LogP contribution in [0.5, 0.6) is 0 Å². The number of hydrogen-bond acceptors (Lipinski definition) is 5. The number of carbonyl (C=O) groups excluding carboxylic acids is 1. The molecule has 0 radical (unpaired) electrons. The third-order valence-corrected chi connectivity index (χ3v) is 4.53. The Hall–Kier alpha value is -1.48. The molecule has 1 aromatic heterocycles.